The standard InChI is InChI=1S/C20H21N5/c1-2-8-17(9-3-1)23-19-12-18(15-6-4-10-21-13-15)24-20(25-19)16-7-5-11-22-14-16/h4-7,10-14,17H,1-3,8-9H2,(H,23,24,25). The predicted molar refractivity (Wildman–Crippen MR) is 99.0 cm³/mol. The van der Waals surface area contributed by atoms with Gasteiger partial charge >= 0.3 is 0 Å². The average Bonchev–Trinajstić information content (AvgIpc) is 2.70. The second kappa shape index (κ2) is 7.38. The first-order valence-electron chi connectivity index (χ1n) is 8.85. The van der Waals surface area contributed by atoms with Crippen LogP contribution >= 0.6 is 0 Å². The SMILES string of the molecule is c1cncc(-c2cc(NC3CCCCC3)nc(-c3cccnc3)n2)c1. The lowest BCUT2D eigenvalue weighted by atomic mass is 9.95. The van der Waals surface area contributed by atoms with Gasteiger partial charge in [-0.3, -0.25) is 9.97 Å². The summed E-state index contributed by atoms with van der Waals surface area (Å²) in [6.45, 7) is 0. The Morgan fingerprint density at radius 1 is 0.840 bits per heavy atom. The molecule has 0 bridgehead atoms. The molecule has 5 heteroatoms. The maximum atomic E-state index is 4.74. The Morgan fingerprint density at radius 3 is 2.24 bits per heavy atom. The van der Waals surface area contributed by atoms with Crippen molar-refractivity contribution in [1.82, 2.24) is 19.9 Å². The lowest BCUT2D eigenvalue weighted by Crippen LogP contribution is -2.23. The minimum Gasteiger partial charge on any atom is -0.367 e. The predicted octanol–water partition coefficient (Wildman–Crippen LogP) is 4.35. The summed E-state index contributed by atoms with van der Waals surface area (Å²) in [6, 6.07) is 10.4. The molecule has 0 aliphatic heterocycles. The Morgan fingerprint density at radius 2 is 1.56 bits per heavy atom. The average molecular weight is 331 g/mol. The first-order chi connectivity index (χ1) is 12.4. The summed E-state index contributed by atoms with van der Waals surface area (Å²) < 4.78 is 0. The molecule has 3 aromatic rings. The van der Waals surface area contributed by atoms with Gasteiger partial charge in [-0.15, -0.1) is 0 Å². The Kier molecular flexibility index (Phi) is 4.63. The number of anilines is 1. The smallest absolute Gasteiger partial charge is 0.163 e. The van der Waals surface area contributed by atoms with Crippen molar-refractivity contribution in [3.63, 3.8) is 0 Å². The molecule has 4 rings (SSSR count). The van der Waals surface area contributed by atoms with Crippen molar-refractivity contribution >= 4 is 5.82 Å². The molecular formula is C20H21N5. The van der Waals surface area contributed by atoms with Crippen LogP contribution in [0.4, 0.5) is 5.82 Å². The van der Waals surface area contributed by atoms with Crippen molar-refractivity contribution in [2.24, 2.45) is 0 Å². The van der Waals surface area contributed by atoms with E-state index in [1.54, 1.807) is 18.6 Å². The summed E-state index contributed by atoms with van der Waals surface area (Å²) in [6.07, 6.45) is 13.5. The molecule has 3 aromatic heterocycles. The summed E-state index contributed by atoms with van der Waals surface area (Å²) in [4.78, 5) is 17.9. The molecule has 3 heterocycles. The van der Waals surface area contributed by atoms with E-state index < -0.39 is 0 Å². The van der Waals surface area contributed by atoms with Gasteiger partial charge in [0, 0.05) is 48.0 Å². The van der Waals surface area contributed by atoms with Crippen LogP contribution < -0.4 is 5.32 Å². The lowest BCUT2D eigenvalue weighted by Gasteiger charge is -2.23. The maximum absolute atomic E-state index is 4.74. The van der Waals surface area contributed by atoms with Gasteiger partial charge in [-0.25, -0.2) is 9.97 Å². The van der Waals surface area contributed by atoms with Crippen molar-refractivity contribution < 1.29 is 0 Å². The number of hydrogen-bond donors (Lipinski definition) is 1. The molecular weight excluding hydrogens is 310 g/mol. The minimum atomic E-state index is 0.493. The van der Waals surface area contributed by atoms with Gasteiger partial charge in [0.1, 0.15) is 5.82 Å². The molecule has 0 unspecified atom stereocenters. The quantitative estimate of drug-likeness (QED) is 0.770. The summed E-state index contributed by atoms with van der Waals surface area (Å²) in [5.41, 5.74) is 2.78. The topological polar surface area (TPSA) is 63.6 Å². The highest BCUT2D eigenvalue weighted by molar-refractivity contribution is 5.66. The molecule has 126 valence electrons. The van der Waals surface area contributed by atoms with Crippen LogP contribution in [0, 0.1) is 0 Å². The summed E-state index contributed by atoms with van der Waals surface area (Å²) in [5, 5.41) is 3.61. The van der Waals surface area contributed by atoms with E-state index in [9.17, 15) is 0 Å². The molecule has 1 N–H and O–H groups in total. The summed E-state index contributed by atoms with van der Waals surface area (Å²) in [7, 11) is 0. The monoisotopic (exact) mass is 331 g/mol. The van der Waals surface area contributed by atoms with Gasteiger partial charge in [-0.1, -0.05) is 19.3 Å². The van der Waals surface area contributed by atoms with E-state index in [0.717, 1.165) is 22.6 Å². The minimum absolute atomic E-state index is 0.493. The van der Waals surface area contributed by atoms with Crippen LogP contribution in [0.2, 0.25) is 0 Å². The highest BCUT2D eigenvalue weighted by Crippen LogP contribution is 2.26. The van der Waals surface area contributed by atoms with Crippen molar-refractivity contribution in [3.8, 4) is 22.6 Å². The van der Waals surface area contributed by atoms with Crippen LogP contribution in [-0.2, 0) is 0 Å². The van der Waals surface area contributed by atoms with Crippen LogP contribution in [0.3, 0.4) is 0 Å². The van der Waals surface area contributed by atoms with E-state index in [4.69, 9.17) is 9.97 Å². The fourth-order valence-electron chi connectivity index (χ4n) is 3.26. The first-order valence-corrected chi connectivity index (χ1v) is 8.85. The summed E-state index contributed by atoms with van der Waals surface area (Å²) in [5.74, 6) is 1.56. The van der Waals surface area contributed by atoms with E-state index >= 15 is 0 Å². The number of nitrogens with one attached hydrogen (secondary N) is 1. The highest BCUT2D eigenvalue weighted by atomic mass is 15.1. The Bertz CT molecular complexity index is 756. The zero-order valence-electron chi connectivity index (χ0n) is 14.1. The normalized spacial score (nSPS) is 15.0. The van der Waals surface area contributed by atoms with Crippen molar-refractivity contribution in [2.45, 2.75) is 38.1 Å². The first kappa shape index (κ1) is 15.7. The molecule has 1 aliphatic rings. The third-order valence-corrected chi connectivity index (χ3v) is 4.56. The number of aromatic nitrogens is 4. The number of hydrogen-bond acceptors (Lipinski definition) is 5. The lowest BCUT2D eigenvalue weighted by molar-refractivity contribution is 0.462. The molecule has 0 saturated heterocycles. The van der Waals surface area contributed by atoms with Crippen molar-refractivity contribution in [1.29, 1.82) is 0 Å². The number of nitrogens with zero attached hydrogens (tertiary/aromatic N) is 4. The Balaban J connectivity index is 1.72. The van der Waals surface area contributed by atoms with Gasteiger partial charge in [0.15, 0.2) is 5.82 Å². The molecule has 0 atom stereocenters. The molecule has 1 saturated carbocycles. The third kappa shape index (κ3) is 3.82. The van der Waals surface area contributed by atoms with E-state index in [-0.39, 0.29) is 0 Å². The third-order valence-electron chi connectivity index (χ3n) is 4.56. The number of rotatable bonds is 4. The van der Waals surface area contributed by atoms with Gasteiger partial charge in [0.05, 0.1) is 5.69 Å². The van der Waals surface area contributed by atoms with Crippen molar-refractivity contribution in [3.05, 3.63) is 55.1 Å². The van der Waals surface area contributed by atoms with Gasteiger partial charge < -0.3 is 5.32 Å². The second-order valence-electron chi connectivity index (χ2n) is 6.42. The second-order valence-corrected chi connectivity index (χ2v) is 6.42. The van der Waals surface area contributed by atoms with Crippen LogP contribution in [0.5, 0.6) is 0 Å². The molecule has 1 fully saturated rings. The molecule has 1 aliphatic carbocycles. The maximum Gasteiger partial charge on any atom is 0.163 e. The fourth-order valence-corrected chi connectivity index (χ4v) is 3.26. The van der Waals surface area contributed by atoms with Crippen LogP contribution in [0.1, 0.15) is 32.1 Å². The van der Waals surface area contributed by atoms with E-state index in [1.807, 2.05) is 36.5 Å². The van der Waals surface area contributed by atoms with E-state index in [0.29, 0.717) is 11.9 Å². The molecule has 0 aromatic carbocycles. The molecule has 0 spiro atoms. The largest absolute Gasteiger partial charge is 0.367 e. The molecule has 0 amide bonds. The van der Waals surface area contributed by atoms with Gasteiger partial charge in [-0.2, -0.15) is 0 Å². The van der Waals surface area contributed by atoms with E-state index in [2.05, 4.69) is 15.3 Å². The zero-order chi connectivity index (χ0) is 16.9. The number of pyridine rings is 2. The Hall–Kier alpha value is -2.82. The van der Waals surface area contributed by atoms with E-state index in [1.165, 1.54) is 32.1 Å². The highest BCUT2D eigenvalue weighted by Gasteiger charge is 2.15. The van der Waals surface area contributed by atoms with Crippen LogP contribution in [0.25, 0.3) is 22.6 Å². The van der Waals surface area contributed by atoms with Crippen LogP contribution in [-0.4, -0.2) is 26.0 Å². The molecule has 5 nitrogen and oxygen atoms in total. The molecule has 0 radical (unpaired) electrons. The molecule has 25 heavy (non-hydrogen) atoms. The zero-order valence-corrected chi connectivity index (χ0v) is 14.1. The van der Waals surface area contributed by atoms with Gasteiger partial charge in [0.25, 0.3) is 0 Å². The fraction of sp³-hybridized carbons (Fsp3) is 0.300. The Labute approximate surface area is 147 Å². The van der Waals surface area contributed by atoms with Gasteiger partial charge in [0.2, 0.25) is 0 Å². The van der Waals surface area contributed by atoms with Crippen LogP contribution in [0.15, 0.2) is 55.1 Å². The van der Waals surface area contributed by atoms with Gasteiger partial charge in [-0.05, 0) is 37.1 Å². The van der Waals surface area contributed by atoms with Crippen molar-refractivity contribution in [2.75, 3.05) is 5.32 Å². The summed E-state index contributed by atoms with van der Waals surface area (Å²) >= 11 is 0.